The van der Waals surface area contributed by atoms with Crippen molar-refractivity contribution in [1.29, 1.82) is 0 Å². The normalized spacial score (nSPS) is 12.3. The summed E-state index contributed by atoms with van der Waals surface area (Å²) in [5, 5.41) is 3.96. The Labute approximate surface area is 198 Å². The first-order valence-corrected chi connectivity index (χ1v) is 13.4. The van der Waals surface area contributed by atoms with Gasteiger partial charge in [-0.3, -0.25) is 9.10 Å². The zero-order valence-corrected chi connectivity index (χ0v) is 20.7. The highest BCUT2D eigenvalue weighted by molar-refractivity contribution is 7.98. The van der Waals surface area contributed by atoms with Gasteiger partial charge in [-0.25, -0.2) is 8.42 Å². The van der Waals surface area contributed by atoms with Crippen LogP contribution in [0.2, 0.25) is 10.0 Å². The highest BCUT2D eigenvalue weighted by Crippen LogP contribution is 2.25. The number of carbonyl (C=O) groups is 1. The quantitative estimate of drug-likeness (QED) is 0.452. The van der Waals surface area contributed by atoms with E-state index < -0.39 is 16.1 Å². The van der Waals surface area contributed by atoms with Crippen LogP contribution in [0.15, 0.2) is 42.5 Å². The van der Waals surface area contributed by atoms with Crippen molar-refractivity contribution in [2.24, 2.45) is 0 Å². The summed E-state index contributed by atoms with van der Waals surface area (Å²) in [4.78, 5) is 12.4. The maximum atomic E-state index is 12.4. The summed E-state index contributed by atoms with van der Waals surface area (Å²) in [7, 11) is -1.85. The average molecular weight is 505 g/mol. The zero-order chi connectivity index (χ0) is 23.0. The third kappa shape index (κ3) is 8.11. The van der Waals surface area contributed by atoms with Gasteiger partial charge < -0.3 is 10.1 Å². The molecule has 2 aromatic carbocycles. The van der Waals surface area contributed by atoms with Gasteiger partial charge in [0.05, 0.1) is 22.0 Å². The van der Waals surface area contributed by atoms with E-state index in [9.17, 15) is 13.2 Å². The zero-order valence-electron chi connectivity index (χ0n) is 17.6. The summed E-state index contributed by atoms with van der Waals surface area (Å²) in [5.41, 5.74) is 1.59. The van der Waals surface area contributed by atoms with Crippen LogP contribution < -0.4 is 14.4 Å². The predicted octanol–water partition coefficient (Wildman–Crippen LogP) is 4.60. The molecule has 10 heteroatoms. The Balaban J connectivity index is 1.79. The molecule has 0 radical (unpaired) electrons. The summed E-state index contributed by atoms with van der Waals surface area (Å²) in [6, 6.07) is 12.1. The molecule has 0 bridgehead atoms. The van der Waals surface area contributed by atoms with Crippen molar-refractivity contribution in [3.63, 3.8) is 0 Å². The fraction of sp³-hybridized carbons (Fsp3) is 0.381. The summed E-state index contributed by atoms with van der Waals surface area (Å²) in [5.74, 6) is 1.83. The lowest BCUT2D eigenvalue weighted by atomic mass is 10.2. The van der Waals surface area contributed by atoms with Crippen LogP contribution in [-0.4, -0.2) is 46.0 Å². The van der Waals surface area contributed by atoms with Crippen molar-refractivity contribution in [3.05, 3.63) is 58.1 Å². The van der Waals surface area contributed by atoms with E-state index in [-0.39, 0.29) is 5.91 Å². The number of benzene rings is 2. The first-order chi connectivity index (χ1) is 14.6. The maximum absolute atomic E-state index is 12.4. The molecule has 0 aromatic heterocycles. The first kappa shape index (κ1) is 25.6. The molecule has 0 aliphatic heterocycles. The molecule has 1 N–H and O–H groups in total. The molecule has 0 fully saturated rings. The minimum absolute atomic E-state index is 0.185. The van der Waals surface area contributed by atoms with Crippen LogP contribution in [0.25, 0.3) is 0 Å². The van der Waals surface area contributed by atoms with Gasteiger partial charge >= 0.3 is 0 Å². The van der Waals surface area contributed by atoms with E-state index in [0.29, 0.717) is 34.4 Å². The van der Waals surface area contributed by atoms with Gasteiger partial charge in [-0.1, -0.05) is 36.2 Å². The van der Waals surface area contributed by atoms with Gasteiger partial charge in [0.15, 0.2) is 6.10 Å². The maximum Gasteiger partial charge on any atom is 0.261 e. The lowest BCUT2D eigenvalue weighted by Gasteiger charge is -2.19. The summed E-state index contributed by atoms with van der Waals surface area (Å²) in [6.07, 6.45) is 1.02. The van der Waals surface area contributed by atoms with E-state index in [2.05, 4.69) is 5.32 Å². The molecular weight excluding hydrogens is 479 g/mol. The van der Waals surface area contributed by atoms with Crippen molar-refractivity contribution in [1.82, 2.24) is 5.32 Å². The summed E-state index contributed by atoms with van der Waals surface area (Å²) in [6.45, 7) is 2.39. The highest BCUT2D eigenvalue weighted by Gasteiger charge is 2.18. The van der Waals surface area contributed by atoms with Crippen LogP contribution in [0.4, 0.5) is 5.69 Å². The lowest BCUT2D eigenvalue weighted by molar-refractivity contribution is -0.127. The largest absolute Gasteiger partial charge is 0.481 e. The molecular formula is C21H26Cl2N2O4S2. The molecule has 2 aromatic rings. The van der Waals surface area contributed by atoms with Gasteiger partial charge in [-0.05, 0) is 48.4 Å². The fourth-order valence-electron chi connectivity index (χ4n) is 2.59. The Kier molecular flexibility index (Phi) is 9.81. The monoisotopic (exact) mass is 504 g/mol. The second-order valence-electron chi connectivity index (χ2n) is 6.83. The number of amides is 1. The smallest absolute Gasteiger partial charge is 0.261 e. The Morgan fingerprint density at radius 1 is 1.16 bits per heavy atom. The number of halogens is 2. The van der Waals surface area contributed by atoms with Gasteiger partial charge in [0.25, 0.3) is 5.91 Å². The molecule has 0 saturated carbocycles. The number of hydrogen-bond donors (Lipinski definition) is 1. The van der Waals surface area contributed by atoms with Crippen molar-refractivity contribution in [3.8, 4) is 5.75 Å². The third-order valence-electron chi connectivity index (χ3n) is 4.44. The predicted molar refractivity (Wildman–Crippen MR) is 130 cm³/mol. The standard InChI is InChI=1S/C21H26Cl2N2O4S2/c1-4-20(29-17-8-6-16(7-9-17)25(2)31(3,27)28)21(26)24-11-12-30-14-15-5-10-18(22)19(23)13-15/h5-10,13,20H,4,11-12,14H2,1-3H3,(H,24,26)/t20-/m1/s1. The van der Waals surface area contributed by atoms with Gasteiger partial charge in [-0.15, -0.1) is 0 Å². The van der Waals surface area contributed by atoms with Gasteiger partial charge in [0.1, 0.15) is 5.75 Å². The average Bonchev–Trinajstić information content (AvgIpc) is 2.73. The van der Waals surface area contributed by atoms with Crippen LogP contribution >= 0.6 is 35.0 Å². The van der Waals surface area contributed by atoms with Crippen LogP contribution in [0.5, 0.6) is 5.75 Å². The number of sulfonamides is 1. The van der Waals surface area contributed by atoms with E-state index >= 15 is 0 Å². The lowest BCUT2D eigenvalue weighted by Crippen LogP contribution is -2.39. The van der Waals surface area contributed by atoms with Gasteiger partial charge in [0.2, 0.25) is 10.0 Å². The molecule has 2 rings (SSSR count). The molecule has 0 aliphatic carbocycles. The molecule has 0 heterocycles. The molecule has 6 nitrogen and oxygen atoms in total. The molecule has 0 unspecified atom stereocenters. The number of nitrogens with one attached hydrogen (secondary N) is 1. The molecule has 0 saturated heterocycles. The van der Waals surface area contributed by atoms with Crippen molar-refractivity contribution < 1.29 is 17.9 Å². The number of ether oxygens (including phenoxy) is 1. The van der Waals surface area contributed by atoms with E-state index in [1.807, 2.05) is 19.1 Å². The van der Waals surface area contributed by atoms with E-state index in [4.69, 9.17) is 27.9 Å². The van der Waals surface area contributed by atoms with Crippen LogP contribution in [0.3, 0.4) is 0 Å². The Hall–Kier alpha value is -1.61. The van der Waals surface area contributed by atoms with E-state index in [1.54, 1.807) is 42.1 Å². The van der Waals surface area contributed by atoms with Gasteiger partial charge in [-0.2, -0.15) is 11.8 Å². The topological polar surface area (TPSA) is 75.7 Å². The number of thioether (sulfide) groups is 1. The van der Waals surface area contributed by atoms with Crippen LogP contribution in [0, 0.1) is 0 Å². The summed E-state index contributed by atoms with van der Waals surface area (Å²) < 4.78 is 30.2. The van der Waals surface area contributed by atoms with Crippen molar-refractivity contribution >= 4 is 56.6 Å². The molecule has 1 atom stereocenters. The number of carbonyl (C=O) groups excluding carboxylic acids is 1. The molecule has 170 valence electrons. The molecule has 1 amide bonds. The van der Waals surface area contributed by atoms with Crippen molar-refractivity contribution in [2.75, 3.05) is 29.9 Å². The number of nitrogens with zero attached hydrogens (tertiary/aromatic N) is 1. The van der Waals surface area contributed by atoms with Crippen LogP contribution in [-0.2, 0) is 20.6 Å². The van der Waals surface area contributed by atoms with Crippen LogP contribution in [0.1, 0.15) is 18.9 Å². The second kappa shape index (κ2) is 11.9. The minimum Gasteiger partial charge on any atom is -0.481 e. The van der Waals surface area contributed by atoms with Crippen molar-refractivity contribution in [2.45, 2.75) is 25.2 Å². The molecule has 0 aliphatic rings. The fourth-order valence-corrected chi connectivity index (χ4v) is 4.22. The molecule has 0 spiro atoms. The number of anilines is 1. The number of rotatable bonds is 11. The number of hydrogen-bond acceptors (Lipinski definition) is 5. The third-order valence-corrected chi connectivity index (χ3v) is 7.41. The molecule has 31 heavy (non-hydrogen) atoms. The summed E-state index contributed by atoms with van der Waals surface area (Å²) >= 11 is 13.6. The Bertz CT molecular complexity index is 985. The van der Waals surface area contributed by atoms with E-state index in [0.717, 1.165) is 23.3 Å². The Morgan fingerprint density at radius 3 is 2.42 bits per heavy atom. The SMILES string of the molecule is CC[C@@H](Oc1ccc(N(C)S(C)(=O)=O)cc1)C(=O)NCCSCc1ccc(Cl)c(Cl)c1. The van der Waals surface area contributed by atoms with E-state index in [1.165, 1.54) is 11.4 Å². The highest BCUT2D eigenvalue weighted by atomic mass is 35.5. The Morgan fingerprint density at radius 2 is 1.84 bits per heavy atom. The second-order valence-corrected chi connectivity index (χ2v) is 10.8. The van der Waals surface area contributed by atoms with Gasteiger partial charge in [0, 0.05) is 25.1 Å². The minimum atomic E-state index is -3.33. The first-order valence-electron chi connectivity index (χ1n) is 9.61.